The van der Waals surface area contributed by atoms with Crippen LogP contribution in [0.1, 0.15) is 45.7 Å². The molecule has 1 saturated heterocycles. The molecule has 0 atom stereocenters. The summed E-state index contributed by atoms with van der Waals surface area (Å²) >= 11 is 0. The molecule has 0 spiro atoms. The number of aryl methyl sites for hydroxylation is 1. The van der Waals surface area contributed by atoms with E-state index in [1.807, 2.05) is 35.4 Å². The molecule has 1 aliphatic rings. The normalized spacial score (nSPS) is 14.8. The molecule has 10 heteroatoms. The Balaban J connectivity index is 1.59. The van der Waals surface area contributed by atoms with Crippen LogP contribution in [0.25, 0.3) is 17.1 Å². The topological polar surface area (TPSA) is 99.4 Å². The third-order valence-corrected chi connectivity index (χ3v) is 12.6. The Morgan fingerprint density at radius 2 is 1.73 bits per heavy atom. The van der Waals surface area contributed by atoms with Crippen LogP contribution in [0, 0.1) is 5.92 Å². The van der Waals surface area contributed by atoms with E-state index in [1.54, 1.807) is 23.0 Å². The van der Waals surface area contributed by atoms with Crippen LogP contribution >= 0.6 is 0 Å². The van der Waals surface area contributed by atoms with Crippen molar-refractivity contribution in [2.24, 2.45) is 5.92 Å². The second-order valence-electron chi connectivity index (χ2n) is 11.8. The Kier molecular flexibility index (Phi) is 9.20. The molecule has 0 aliphatic carbocycles. The van der Waals surface area contributed by atoms with Crippen molar-refractivity contribution in [2.45, 2.75) is 64.6 Å². The highest BCUT2D eigenvalue weighted by Gasteiger charge is 2.36. The summed E-state index contributed by atoms with van der Waals surface area (Å²) in [7, 11) is -0.419. The summed E-state index contributed by atoms with van der Waals surface area (Å²) in [5.74, 6) is 0.712. The Morgan fingerprint density at radius 1 is 1.07 bits per heavy atom. The van der Waals surface area contributed by atoms with Gasteiger partial charge in [0.2, 0.25) is 0 Å². The summed E-state index contributed by atoms with van der Waals surface area (Å²) in [5.41, 5.74) is 2.27. The van der Waals surface area contributed by atoms with Gasteiger partial charge in [0.05, 0.1) is 18.7 Å². The number of ether oxygens (including phenoxy) is 1. The van der Waals surface area contributed by atoms with Crippen molar-refractivity contribution in [2.75, 3.05) is 31.7 Å². The maximum Gasteiger partial charge on any atom is 0.308 e. The van der Waals surface area contributed by atoms with Gasteiger partial charge in [-0.2, -0.15) is 0 Å². The molecule has 0 radical (unpaired) electrons. The van der Waals surface area contributed by atoms with Crippen LogP contribution < -0.4 is 10.5 Å². The maximum atomic E-state index is 13.7. The first-order valence-electron chi connectivity index (χ1n) is 14.0. The number of methoxy groups -OCH3 is 1. The highest BCUT2D eigenvalue weighted by Crippen LogP contribution is 2.36. The molecule has 1 fully saturated rings. The second kappa shape index (κ2) is 12.4. The zero-order chi connectivity index (χ0) is 28.9. The lowest BCUT2D eigenvalue weighted by Crippen LogP contribution is -2.41. The van der Waals surface area contributed by atoms with Crippen LogP contribution in [0.2, 0.25) is 18.1 Å². The molecule has 0 amide bonds. The van der Waals surface area contributed by atoms with Crippen LogP contribution in [0.3, 0.4) is 0 Å². The van der Waals surface area contributed by atoms with Crippen molar-refractivity contribution in [3.63, 3.8) is 0 Å². The zero-order valence-electron chi connectivity index (χ0n) is 24.5. The number of anilines is 1. The summed E-state index contributed by atoms with van der Waals surface area (Å²) in [6.07, 6.45) is 8.02. The van der Waals surface area contributed by atoms with Gasteiger partial charge in [-0.25, -0.2) is 15.0 Å². The van der Waals surface area contributed by atoms with Crippen LogP contribution in [0.5, 0.6) is 0 Å². The van der Waals surface area contributed by atoms with Gasteiger partial charge in [0.25, 0.3) is 5.56 Å². The number of aromatic nitrogens is 4. The predicted molar refractivity (Wildman–Crippen MR) is 159 cm³/mol. The molecule has 40 heavy (non-hydrogen) atoms. The Morgan fingerprint density at radius 3 is 2.33 bits per heavy atom. The average molecular weight is 564 g/mol. The number of rotatable bonds is 9. The number of nitrogens with zero attached hydrogens (tertiary/aromatic N) is 5. The largest absolute Gasteiger partial charge is 0.469 e. The average Bonchev–Trinajstić information content (AvgIpc) is 2.95. The van der Waals surface area contributed by atoms with E-state index in [0.29, 0.717) is 50.6 Å². The summed E-state index contributed by atoms with van der Waals surface area (Å²) < 4.78 is 13.0. The van der Waals surface area contributed by atoms with E-state index in [0.717, 1.165) is 23.4 Å². The molecule has 3 aromatic rings. The van der Waals surface area contributed by atoms with Crippen molar-refractivity contribution in [1.82, 2.24) is 19.5 Å². The summed E-state index contributed by atoms with van der Waals surface area (Å²) in [6, 6.07) is 9.44. The molecule has 214 valence electrons. The Labute approximate surface area is 237 Å². The minimum absolute atomic E-state index is 0.146. The smallest absolute Gasteiger partial charge is 0.308 e. The van der Waals surface area contributed by atoms with E-state index in [4.69, 9.17) is 14.1 Å². The standard InChI is InChI=1S/C30H41N5O4Si/c1-30(2,3)40(5,6)39-20-7-9-24-21-35(25-12-10-22(11-13-25)26-31-16-8-17-32-26)28(36)27(33-24)34-18-14-23(15-19-34)29(37)38-4/h8,10-13,16-17,21,23H,7,9,14-15,18-20H2,1-6H3. The number of hydrogen-bond acceptors (Lipinski definition) is 8. The van der Waals surface area contributed by atoms with Gasteiger partial charge in [0.1, 0.15) is 0 Å². The molecule has 0 saturated carbocycles. The van der Waals surface area contributed by atoms with Gasteiger partial charge in [-0.3, -0.25) is 14.2 Å². The summed E-state index contributed by atoms with van der Waals surface area (Å²) in [6.45, 7) is 13.0. The fraction of sp³-hybridized carbons (Fsp3) is 0.500. The maximum absolute atomic E-state index is 13.7. The molecule has 0 bridgehead atoms. The van der Waals surface area contributed by atoms with Gasteiger partial charge in [-0.1, -0.05) is 20.8 Å². The van der Waals surface area contributed by atoms with E-state index in [1.165, 1.54) is 7.11 Å². The first-order valence-corrected chi connectivity index (χ1v) is 16.9. The molecule has 9 nitrogen and oxygen atoms in total. The van der Waals surface area contributed by atoms with Gasteiger partial charge >= 0.3 is 5.97 Å². The lowest BCUT2D eigenvalue weighted by atomic mass is 9.97. The molecule has 1 aromatic carbocycles. The van der Waals surface area contributed by atoms with Crippen molar-refractivity contribution in [1.29, 1.82) is 0 Å². The second-order valence-corrected chi connectivity index (χ2v) is 16.7. The fourth-order valence-corrected chi connectivity index (χ4v) is 5.64. The molecule has 1 aliphatic heterocycles. The SMILES string of the molecule is COC(=O)C1CCN(c2nc(CCCO[Si](C)(C)C(C)(C)C)cn(-c3ccc(-c4ncccn4)cc3)c2=O)CC1. The Hall–Kier alpha value is -3.37. The summed E-state index contributed by atoms with van der Waals surface area (Å²) in [5, 5.41) is 0.152. The number of carbonyl (C=O) groups excluding carboxylic acids is 1. The molecule has 0 unspecified atom stereocenters. The molecular weight excluding hydrogens is 522 g/mol. The van der Waals surface area contributed by atoms with Gasteiger partial charge in [-0.15, -0.1) is 0 Å². The first kappa shape index (κ1) is 29.6. The number of piperidine rings is 1. The van der Waals surface area contributed by atoms with Crippen molar-refractivity contribution < 1.29 is 14.0 Å². The molecular formula is C30H41N5O4Si. The Bertz CT molecular complexity index is 1350. The van der Waals surface area contributed by atoms with Gasteiger partial charge in [0, 0.05) is 49.5 Å². The van der Waals surface area contributed by atoms with E-state index in [-0.39, 0.29) is 22.5 Å². The highest BCUT2D eigenvalue weighted by atomic mass is 28.4. The minimum Gasteiger partial charge on any atom is -0.469 e. The lowest BCUT2D eigenvalue weighted by Gasteiger charge is -2.36. The molecule has 0 N–H and O–H groups in total. The molecule has 3 heterocycles. The number of carbonyl (C=O) groups is 1. The van der Waals surface area contributed by atoms with Crippen LogP contribution in [-0.2, 0) is 20.4 Å². The van der Waals surface area contributed by atoms with Crippen molar-refractivity contribution >= 4 is 20.1 Å². The van der Waals surface area contributed by atoms with Crippen LogP contribution in [-0.4, -0.2) is 60.6 Å². The molecule has 2 aromatic heterocycles. The third-order valence-electron chi connectivity index (χ3n) is 8.08. The van der Waals surface area contributed by atoms with Gasteiger partial charge in [-0.05, 0) is 74.1 Å². The zero-order valence-corrected chi connectivity index (χ0v) is 25.5. The van der Waals surface area contributed by atoms with E-state index in [9.17, 15) is 9.59 Å². The quantitative estimate of drug-likeness (QED) is 0.203. The minimum atomic E-state index is -1.84. The number of benzene rings is 1. The van der Waals surface area contributed by atoms with Crippen LogP contribution in [0.15, 0.2) is 53.7 Å². The lowest BCUT2D eigenvalue weighted by molar-refractivity contribution is -0.146. The summed E-state index contributed by atoms with van der Waals surface area (Å²) in [4.78, 5) is 41.3. The van der Waals surface area contributed by atoms with E-state index in [2.05, 4.69) is 43.8 Å². The van der Waals surface area contributed by atoms with Crippen molar-refractivity contribution in [3.05, 3.63) is 65.0 Å². The third kappa shape index (κ3) is 6.85. The van der Waals surface area contributed by atoms with E-state index < -0.39 is 8.32 Å². The monoisotopic (exact) mass is 563 g/mol. The van der Waals surface area contributed by atoms with Crippen LogP contribution in [0.4, 0.5) is 5.82 Å². The predicted octanol–water partition coefficient (Wildman–Crippen LogP) is 5.03. The number of esters is 1. The van der Waals surface area contributed by atoms with Crippen molar-refractivity contribution in [3.8, 4) is 17.1 Å². The van der Waals surface area contributed by atoms with Gasteiger partial charge < -0.3 is 14.1 Å². The fourth-order valence-electron chi connectivity index (χ4n) is 4.56. The van der Waals surface area contributed by atoms with Gasteiger partial charge in [0.15, 0.2) is 20.0 Å². The first-order chi connectivity index (χ1) is 19.0. The number of hydrogen-bond donors (Lipinski definition) is 0. The van der Waals surface area contributed by atoms with E-state index >= 15 is 0 Å². The highest BCUT2D eigenvalue weighted by molar-refractivity contribution is 6.74. The molecule has 4 rings (SSSR count).